The fourth-order valence-corrected chi connectivity index (χ4v) is 8.29. The monoisotopic (exact) mass is 621 g/mol. The average molecular weight is 622 g/mol. The molecule has 3 aromatic rings. The number of carbonyl (C=O) groups excluding carboxylic acids is 1. The van der Waals surface area contributed by atoms with Crippen LogP contribution >= 0.6 is 11.8 Å². The van der Waals surface area contributed by atoms with E-state index < -0.39 is 0 Å². The molecule has 0 N–H and O–H groups in total. The summed E-state index contributed by atoms with van der Waals surface area (Å²) in [5, 5.41) is 12.4. The fourth-order valence-electron chi connectivity index (χ4n) is 7.09. The molecule has 0 bridgehead atoms. The molecule has 1 aliphatic carbocycles. The number of benzene rings is 2. The lowest BCUT2D eigenvalue weighted by molar-refractivity contribution is -0.127. The number of terminal acetylenes is 1. The lowest BCUT2D eigenvalue weighted by Gasteiger charge is -2.41. The van der Waals surface area contributed by atoms with Crippen LogP contribution in [0.5, 0.6) is 6.01 Å². The van der Waals surface area contributed by atoms with Gasteiger partial charge in [0.15, 0.2) is 0 Å². The van der Waals surface area contributed by atoms with Gasteiger partial charge in [0.25, 0.3) is 5.91 Å². The molecule has 0 radical (unpaired) electrons. The van der Waals surface area contributed by atoms with E-state index in [1.807, 2.05) is 11.8 Å². The number of carbonyl (C=O) groups is 1. The van der Waals surface area contributed by atoms with E-state index in [1.54, 1.807) is 4.90 Å². The Balaban J connectivity index is 1.19. The van der Waals surface area contributed by atoms with Crippen LogP contribution in [0.4, 0.5) is 11.5 Å². The summed E-state index contributed by atoms with van der Waals surface area (Å²) in [6.07, 6.45) is 9.00. The number of hydrogen-bond donors (Lipinski definition) is 0. The zero-order valence-electron chi connectivity index (χ0n) is 26.2. The molecule has 4 heterocycles. The Morgan fingerprint density at radius 3 is 2.73 bits per heavy atom. The minimum Gasteiger partial charge on any atom is -0.462 e. The number of aryl methyl sites for hydroxylation is 1. The van der Waals surface area contributed by atoms with Crippen LogP contribution in [0.15, 0.2) is 36.4 Å². The predicted octanol–water partition coefficient (Wildman–Crippen LogP) is 4.37. The number of aromatic nitrogens is 2. The third kappa shape index (κ3) is 5.55. The molecule has 1 aromatic heterocycles. The predicted molar refractivity (Wildman–Crippen MR) is 178 cm³/mol. The van der Waals surface area contributed by atoms with Gasteiger partial charge in [-0.3, -0.25) is 9.69 Å². The minimum absolute atomic E-state index is 0.0889. The summed E-state index contributed by atoms with van der Waals surface area (Å²) in [5.41, 5.74) is 4.54. The van der Waals surface area contributed by atoms with Gasteiger partial charge in [-0.1, -0.05) is 30.3 Å². The van der Waals surface area contributed by atoms with Crippen molar-refractivity contribution < 1.29 is 9.53 Å². The summed E-state index contributed by atoms with van der Waals surface area (Å²) < 4.78 is 6.40. The summed E-state index contributed by atoms with van der Waals surface area (Å²) >= 11 is 1.95. The fraction of sp³-hybridized carbons (Fsp3) is 0.486. The minimum atomic E-state index is -0.370. The van der Waals surface area contributed by atoms with Crippen molar-refractivity contribution in [1.82, 2.24) is 19.8 Å². The Morgan fingerprint density at radius 1 is 1.18 bits per heavy atom. The maximum Gasteiger partial charge on any atom is 0.318 e. The van der Waals surface area contributed by atoms with Gasteiger partial charge in [-0.05, 0) is 63.1 Å². The zero-order valence-corrected chi connectivity index (χ0v) is 27.0. The lowest BCUT2D eigenvalue weighted by Crippen LogP contribution is -2.55. The number of amides is 1. The van der Waals surface area contributed by atoms with Gasteiger partial charge < -0.3 is 19.4 Å². The first-order chi connectivity index (χ1) is 21.8. The second-order valence-electron chi connectivity index (χ2n) is 12.8. The van der Waals surface area contributed by atoms with Crippen LogP contribution in [-0.2, 0) is 17.8 Å². The normalized spacial score (nSPS) is 24.3. The average Bonchev–Trinajstić information content (AvgIpc) is 4.00. The first-order valence-corrected chi connectivity index (χ1v) is 16.7. The van der Waals surface area contributed by atoms with E-state index in [1.165, 1.54) is 34.9 Å². The summed E-state index contributed by atoms with van der Waals surface area (Å²) in [6.45, 7) is 8.00. The maximum atomic E-state index is 12.5. The van der Waals surface area contributed by atoms with Crippen molar-refractivity contribution in [2.24, 2.45) is 0 Å². The highest BCUT2D eigenvalue weighted by atomic mass is 32.2. The van der Waals surface area contributed by atoms with Crippen LogP contribution in [0.3, 0.4) is 0 Å². The van der Waals surface area contributed by atoms with Crippen molar-refractivity contribution in [2.75, 3.05) is 49.6 Å². The van der Waals surface area contributed by atoms with E-state index in [2.05, 4.69) is 84.0 Å². The summed E-state index contributed by atoms with van der Waals surface area (Å²) in [6, 6.07) is 16.0. The Bertz CT molecular complexity index is 1720. The molecular formula is C35H39N7O2S. The quantitative estimate of drug-likeness (QED) is 0.269. The maximum absolute atomic E-state index is 12.5. The molecule has 0 spiro atoms. The van der Waals surface area contributed by atoms with E-state index in [-0.39, 0.29) is 23.2 Å². The SMILES string of the molecule is C#CC(=O)N1CCN(c2nc(OCC3S[C@]3(C)N(C)C3CC3)nc3c2CCN(c2cccc4cccc(C)c24)C3)C[C@@H]1CC#N. The summed E-state index contributed by atoms with van der Waals surface area (Å²) in [7, 11) is 2.23. The van der Waals surface area contributed by atoms with Gasteiger partial charge in [0, 0.05) is 48.9 Å². The van der Waals surface area contributed by atoms with Gasteiger partial charge in [0.05, 0.1) is 40.9 Å². The molecule has 9 nitrogen and oxygen atoms in total. The molecule has 1 unspecified atom stereocenters. The summed E-state index contributed by atoms with van der Waals surface area (Å²) in [5.74, 6) is 2.71. The van der Waals surface area contributed by atoms with Gasteiger partial charge >= 0.3 is 6.01 Å². The topological polar surface area (TPSA) is 88.8 Å². The van der Waals surface area contributed by atoms with Crippen molar-refractivity contribution in [1.29, 1.82) is 5.26 Å². The second kappa shape index (κ2) is 11.7. The number of nitriles is 1. The molecule has 3 atom stereocenters. The summed E-state index contributed by atoms with van der Waals surface area (Å²) in [4.78, 5) is 31.4. The lowest BCUT2D eigenvalue weighted by atomic mass is 9.99. The van der Waals surface area contributed by atoms with E-state index in [4.69, 9.17) is 21.1 Å². The van der Waals surface area contributed by atoms with Crippen LogP contribution in [0.2, 0.25) is 0 Å². The van der Waals surface area contributed by atoms with Crippen LogP contribution in [0.25, 0.3) is 10.8 Å². The van der Waals surface area contributed by atoms with Crippen LogP contribution in [0, 0.1) is 30.6 Å². The van der Waals surface area contributed by atoms with E-state index in [0.29, 0.717) is 50.1 Å². The molecule has 45 heavy (non-hydrogen) atoms. The number of nitrogens with zero attached hydrogens (tertiary/aromatic N) is 7. The van der Waals surface area contributed by atoms with Crippen LogP contribution in [-0.4, -0.2) is 87.7 Å². The Hall–Kier alpha value is -3.99. The number of thioether (sulfide) groups is 1. The number of ether oxygens (including phenoxy) is 1. The standard InChI is InChI=1S/C35H39N7O2S/c1-5-31(43)42-19-18-41(20-26(42)14-16-36)33-27-15-17-40(29-11-7-10-24-9-6-8-23(2)32(24)29)21-28(27)37-34(38-33)44-22-30-35(3,45-30)39(4)25-12-13-25/h1,6-11,25-26,30H,12-15,17-22H2,2-4H3/t26-,30?,35-/m0/s1. The van der Waals surface area contributed by atoms with Crippen molar-refractivity contribution in [3.63, 3.8) is 0 Å². The van der Waals surface area contributed by atoms with E-state index in [9.17, 15) is 10.1 Å². The van der Waals surface area contributed by atoms with Crippen molar-refractivity contribution in [2.45, 2.75) is 68.3 Å². The Labute approximate surface area is 269 Å². The van der Waals surface area contributed by atoms with Gasteiger partial charge in [-0.2, -0.15) is 15.2 Å². The molecule has 1 amide bonds. The van der Waals surface area contributed by atoms with Crippen molar-refractivity contribution in [3.8, 4) is 24.4 Å². The third-order valence-electron chi connectivity index (χ3n) is 10.0. The largest absolute Gasteiger partial charge is 0.462 e. The van der Waals surface area contributed by atoms with Crippen molar-refractivity contribution in [3.05, 3.63) is 53.2 Å². The molecule has 1 saturated carbocycles. The third-order valence-corrected chi connectivity index (χ3v) is 11.7. The number of anilines is 2. The molecule has 3 aliphatic heterocycles. The molecular weight excluding hydrogens is 582 g/mol. The van der Waals surface area contributed by atoms with E-state index >= 15 is 0 Å². The van der Waals surface area contributed by atoms with Crippen LogP contribution in [0.1, 0.15) is 43.0 Å². The van der Waals surface area contributed by atoms with E-state index in [0.717, 1.165) is 30.0 Å². The number of piperazine rings is 1. The first-order valence-electron chi connectivity index (χ1n) is 15.9. The van der Waals surface area contributed by atoms with Crippen LogP contribution < -0.4 is 14.5 Å². The van der Waals surface area contributed by atoms with Crippen molar-refractivity contribution >= 4 is 39.9 Å². The van der Waals surface area contributed by atoms with Gasteiger partial charge in [0.2, 0.25) is 0 Å². The molecule has 10 heteroatoms. The molecule has 232 valence electrons. The number of fused-ring (bicyclic) bond motifs is 2. The number of rotatable bonds is 8. The molecule has 3 fully saturated rings. The molecule has 2 aromatic carbocycles. The molecule has 7 rings (SSSR count). The molecule has 4 aliphatic rings. The smallest absolute Gasteiger partial charge is 0.318 e. The van der Waals surface area contributed by atoms with Gasteiger partial charge in [-0.15, -0.1) is 18.2 Å². The highest BCUT2D eigenvalue weighted by molar-refractivity contribution is 8.08. The Morgan fingerprint density at radius 2 is 1.98 bits per heavy atom. The van der Waals surface area contributed by atoms with Gasteiger partial charge in [-0.25, -0.2) is 0 Å². The highest BCUT2D eigenvalue weighted by Gasteiger charge is 2.57. The highest BCUT2D eigenvalue weighted by Crippen LogP contribution is 2.57. The number of hydrogen-bond acceptors (Lipinski definition) is 9. The zero-order chi connectivity index (χ0) is 31.3. The first kappa shape index (κ1) is 29.7. The van der Waals surface area contributed by atoms with Gasteiger partial charge in [0.1, 0.15) is 12.4 Å². The molecule has 2 saturated heterocycles. The second-order valence-corrected chi connectivity index (χ2v) is 14.4. The Kier molecular flexibility index (Phi) is 7.75.